The van der Waals surface area contributed by atoms with Crippen LogP contribution in [0.3, 0.4) is 0 Å². The number of hydrogen-bond acceptors (Lipinski definition) is 4. The smallest absolute Gasteiger partial charge is 0.0846 e. The lowest BCUT2D eigenvalue weighted by atomic mass is 10.2. The van der Waals surface area contributed by atoms with Gasteiger partial charge < -0.3 is 5.73 Å². The second-order valence-electron chi connectivity index (χ2n) is 2.74. The fourth-order valence-corrected chi connectivity index (χ4v) is 3.07. The highest BCUT2D eigenvalue weighted by Crippen LogP contribution is 2.27. The van der Waals surface area contributed by atoms with Crippen LogP contribution in [0.1, 0.15) is 16.6 Å². The Morgan fingerprint density at radius 3 is 2.86 bits per heavy atom. The van der Waals surface area contributed by atoms with E-state index in [9.17, 15) is 0 Å². The Labute approximate surface area is 99.5 Å². The average Bonchev–Trinajstić information content (AvgIpc) is 2.65. The first kappa shape index (κ1) is 10.0. The van der Waals surface area contributed by atoms with Gasteiger partial charge in [0.05, 0.1) is 17.9 Å². The molecule has 0 bridgehead atoms. The molecule has 2 aromatic heterocycles. The van der Waals surface area contributed by atoms with Crippen LogP contribution < -0.4 is 5.73 Å². The molecule has 0 aliphatic rings. The van der Waals surface area contributed by atoms with Crippen molar-refractivity contribution in [2.75, 3.05) is 0 Å². The van der Waals surface area contributed by atoms with Gasteiger partial charge in [-0.2, -0.15) is 0 Å². The molecular weight excluding hydrogens is 309 g/mol. The van der Waals surface area contributed by atoms with Gasteiger partial charge in [-0.25, -0.2) is 0 Å². The molecule has 0 radical (unpaired) electrons. The lowest BCUT2D eigenvalue weighted by molar-refractivity contribution is 0.830. The molecule has 0 amide bonds. The Bertz CT molecular complexity index is 415. The molecule has 0 aromatic carbocycles. The molecule has 0 saturated heterocycles. The Morgan fingerprint density at radius 2 is 2.29 bits per heavy atom. The largest absolute Gasteiger partial charge is 0.318 e. The average molecular weight is 317 g/mol. The lowest BCUT2D eigenvalue weighted by Crippen LogP contribution is -2.13. The molecular formula is C9H8IN3S. The quantitative estimate of drug-likeness (QED) is 0.864. The van der Waals surface area contributed by atoms with Crippen LogP contribution in [-0.4, -0.2) is 9.97 Å². The number of thiophene rings is 1. The SMILES string of the molecule is NC(c1cnccn1)c1sccc1I. The van der Waals surface area contributed by atoms with Crippen molar-refractivity contribution >= 4 is 33.9 Å². The van der Waals surface area contributed by atoms with Crippen LogP contribution in [-0.2, 0) is 0 Å². The van der Waals surface area contributed by atoms with Crippen LogP contribution in [0.25, 0.3) is 0 Å². The van der Waals surface area contributed by atoms with Crippen molar-refractivity contribution < 1.29 is 0 Å². The maximum absolute atomic E-state index is 6.06. The normalized spacial score (nSPS) is 12.7. The van der Waals surface area contributed by atoms with Crippen LogP contribution in [0.15, 0.2) is 30.0 Å². The van der Waals surface area contributed by atoms with Gasteiger partial charge in [0.25, 0.3) is 0 Å². The molecule has 0 aliphatic heterocycles. The third-order valence-electron chi connectivity index (χ3n) is 1.83. The van der Waals surface area contributed by atoms with Crippen molar-refractivity contribution in [3.05, 3.63) is 44.2 Å². The molecule has 1 unspecified atom stereocenters. The molecule has 0 fully saturated rings. The minimum Gasteiger partial charge on any atom is -0.318 e. The zero-order chi connectivity index (χ0) is 9.97. The number of aromatic nitrogens is 2. The Balaban J connectivity index is 2.34. The summed E-state index contributed by atoms with van der Waals surface area (Å²) in [6, 6.07) is 1.90. The van der Waals surface area contributed by atoms with Gasteiger partial charge in [-0.3, -0.25) is 9.97 Å². The zero-order valence-electron chi connectivity index (χ0n) is 7.22. The van der Waals surface area contributed by atoms with E-state index in [0.29, 0.717) is 0 Å². The highest BCUT2D eigenvalue weighted by Gasteiger charge is 2.14. The molecule has 14 heavy (non-hydrogen) atoms. The summed E-state index contributed by atoms with van der Waals surface area (Å²) in [4.78, 5) is 9.34. The van der Waals surface area contributed by atoms with Crippen LogP contribution in [0, 0.1) is 3.57 Å². The van der Waals surface area contributed by atoms with Crippen LogP contribution in [0.5, 0.6) is 0 Å². The fraction of sp³-hybridized carbons (Fsp3) is 0.111. The molecule has 2 rings (SSSR count). The van der Waals surface area contributed by atoms with E-state index in [-0.39, 0.29) is 6.04 Å². The van der Waals surface area contributed by atoms with E-state index in [1.807, 2.05) is 5.38 Å². The monoisotopic (exact) mass is 317 g/mol. The number of rotatable bonds is 2. The number of halogens is 1. The topological polar surface area (TPSA) is 51.8 Å². The van der Waals surface area contributed by atoms with E-state index >= 15 is 0 Å². The van der Waals surface area contributed by atoms with E-state index in [1.54, 1.807) is 29.9 Å². The first-order valence-corrected chi connectivity index (χ1v) is 5.99. The highest BCUT2D eigenvalue weighted by molar-refractivity contribution is 14.1. The summed E-state index contributed by atoms with van der Waals surface area (Å²) >= 11 is 3.93. The van der Waals surface area contributed by atoms with Crippen LogP contribution >= 0.6 is 33.9 Å². The number of nitrogens with two attached hydrogens (primary N) is 1. The minimum absolute atomic E-state index is 0.157. The molecule has 2 heterocycles. The van der Waals surface area contributed by atoms with Gasteiger partial charge in [-0.1, -0.05) is 0 Å². The predicted molar refractivity (Wildman–Crippen MR) is 65.1 cm³/mol. The van der Waals surface area contributed by atoms with Crippen LogP contribution in [0.2, 0.25) is 0 Å². The number of hydrogen-bond donors (Lipinski definition) is 1. The van der Waals surface area contributed by atoms with E-state index in [0.717, 1.165) is 10.6 Å². The maximum atomic E-state index is 6.06. The Kier molecular flexibility index (Phi) is 3.09. The molecule has 0 spiro atoms. The minimum atomic E-state index is -0.157. The van der Waals surface area contributed by atoms with Gasteiger partial charge in [0.1, 0.15) is 0 Å². The summed E-state index contributed by atoms with van der Waals surface area (Å²) < 4.78 is 1.19. The lowest BCUT2D eigenvalue weighted by Gasteiger charge is -2.08. The number of nitrogens with zero attached hydrogens (tertiary/aromatic N) is 2. The second kappa shape index (κ2) is 4.33. The van der Waals surface area contributed by atoms with Crippen molar-refractivity contribution in [2.45, 2.75) is 6.04 Å². The molecule has 5 heteroatoms. The van der Waals surface area contributed by atoms with Gasteiger partial charge in [-0.15, -0.1) is 11.3 Å². The Morgan fingerprint density at radius 1 is 1.43 bits per heavy atom. The summed E-state index contributed by atoms with van der Waals surface area (Å²) in [5.41, 5.74) is 6.88. The van der Waals surface area contributed by atoms with E-state index < -0.39 is 0 Å². The fourth-order valence-electron chi connectivity index (χ4n) is 1.13. The zero-order valence-corrected chi connectivity index (χ0v) is 10.2. The third kappa shape index (κ3) is 1.94. The van der Waals surface area contributed by atoms with Crippen LogP contribution in [0.4, 0.5) is 0 Å². The second-order valence-corrected chi connectivity index (χ2v) is 4.85. The first-order chi connectivity index (χ1) is 6.79. The highest BCUT2D eigenvalue weighted by atomic mass is 127. The summed E-state index contributed by atoms with van der Waals surface area (Å²) in [7, 11) is 0. The van der Waals surface area contributed by atoms with Gasteiger partial charge in [0.15, 0.2) is 0 Å². The third-order valence-corrected chi connectivity index (χ3v) is 4.14. The van der Waals surface area contributed by atoms with Gasteiger partial charge in [-0.05, 0) is 34.0 Å². The van der Waals surface area contributed by atoms with Crippen molar-refractivity contribution in [1.29, 1.82) is 0 Å². The van der Waals surface area contributed by atoms with Crippen molar-refractivity contribution in [3.8, 4) is 0 Å². The van der Waals surface area contributed by atoms with Crippen molar-refractivity contribution in [2.24, 2.45) is 5.73 Å². The predicted octanol–water partition coefficient (Wildman–Crippen LogP) is 2.19. The molecule has 1 atom stereocenters. The van der Waals surface area contributed by atoms with E-state index in [1.165, 1.54) is 3.57 Å². The standard InChI is InChI=1S/C9H8IN3S/c10-6-1-4-14-9(6)8(11)7-5-12-2-3-13-7/h1-5,8H,11H2. The molecule has 72 valence electrons. The molecule has 0 aliphatic carbocycles. The van der Waals surface area contributed by atoms with Crippen molar-refractivity contribution in [1.82, 2.24) is 9.97 Å². The first-order valence-electron chi connectivity index (χ1n) is 4.03. The van der Waals surface area contributed by atoms with Gasteiger partial charge in [0, 0.05) is 20.8 Å². The molecule has 0 saturated carbocycles. The summed E-state index contributed by atoms with van der Waals surface area (Å²) in [6.45, 7) is 0. The molecule has 2 aromatic rings. The maximum Gasteiger partial charge on any atom is 0.0846 e. The van der Waals surface area contributed by atoms with Crippen molar-refractivity contribution in [3.63, 3.8) is 0 Å². The summed E-state index contributed by atoms with van der Waals surface area (Å²) in [6.07, 6.45) is 5.02. The molecule has 3 nitrogen and oxygen atoms in total. The summed E-state index contributed by atoms with van der Waals surface area (Å²) in [5, 5.41) is 2.04. The van der Waals surface area contributed by atoms with E-state index in [2.05, 4.69) is 38.6 Å². The summed E-state index contributed by atoms with van der Waals surface area (Å²) in [5.74, 6) is 0. The Hall–Kier alpha value is -0.530. The van der Waals surface area contributed by atoms with Gasteiger partial charge >= 0.3 is 0 Å². The molecule has 2 N–H and O–H groups in total. The van der Waals surface area contributed by atoms with E-state index in [4.69, 9.17) is 5.73 Å². The van der Waals surface area contributed by atoms with Gasteiger partial charge in [0.2, 0.25) is 0 Å².